The average Bonchev–Trinajstić information content (AvgIpc) is 2.55. The zero-order valence-corrected chi connectivity index (χ0v) is 13.1. The Morgan fingerprint density at radius 3 is 2.46 bits per heavy atom. The van der Waals surface area contributed by atoms with Crippen LogP contribution in [-0.2, 0) is 6.18 Å². The third kappa shape index (κ3) is 3.93. The van der Waals surface area contributed by atoms with Gasteiger partial charge in [0.25, 0.3) is 0 Å². The summed E-state index contributed by atoms with van der Waals surface area (Å²) in [5, 5.41) is 0. The number of hydrogen-bond donors (Lipinski definition) is 0. The van der Waals surface area contributed by atoms with Crippen LogP contribution in [0.1, 0.15) is 24.2 Å². The second-order valence-corrected chi connectivity index (χ2v) is 5.65. The molecule has 0 radical (unpaired) electrons. The first-order valence-electron chi connectivity index (χ1n) is 7.66. The molecule has 8 heteroatoms. The number of ether oxygens (including phenoxy) is 1. The number of anilines is 1. The lowest BCUT2D eigenvalue weighted by molar-refractivity contribution is -0.137. The second-order valence-electron chi connectivity index (χ2n) is 5.65. The van der Waals surface area contributed by atoms with E-state index in [1.807, 2.05) is 13.0 Å². The molecule has 0 unspecified atom stereocenters. The number of rotatable bonds is 3. The number of hydrogen-bond acceptors (Lipinski definition) is 5. The van der Waals surface area contributed by atoms with Crippen LogP contribution in [0, 0.1) is 6.92 Å². The van der Waals surface area contributed by atoms with Crippen LogP contribution in [-0.4, -0.2) is 34.1 Å². The van der Waals surface area contributed by atoms with Gasteiger partial charge in [-0.15, -0.1) is 0 Å². The fourth-order valence-corrected chi connectivity index (χ4v) is 2.61. The van der Waals surface area contributed by atoms with Gasteiger partial charge in [0.2, 0.25) is 5.88 Å². The molecule has 3 heterocycles. The summed E-state index contributed by atoms with van der Waals surface area (Å²) < 4.78 is 43.2. The molecule has 3 rings (SSSR count). The standard InChI is InChI=1S/C16H17F3N4O/c1-11-20-7-4-14(22-11)23-8-5-13(6-9-23)24-15-3-2-12(10-21-15)16(17,18)19/h2-4,7,10,13H,5-6,8-9H2,1H3. The number of piperidine rings is 1. The number of nitrogens with zero attached hydrogens (tertiary/aromatic N) is 4. The maximum absolute atomic E-state index is 12.5. The molecule has 0 bridgehead atoms. The lowest BCUT2D eigenvalue weighted by atomic mass is 10.1. The first-order chi connectivity index (χ1) is 11.4. The number of aromatic nitrogens is 3. The van der Waals surface area contributed by atoms with E-state index in [-0.39, 0.29) is 12.0 Å². The quantitative estimate of drug-likeness (QED) is 0.860. The van der Waals surface area contributed by atoms with Crippen molar-refractivity contribution in [3.8, 4) is 5.88 Å². The highest BCUT2D eigenvalue weighted by Crippen LogP contribution is 2.29. The fourth-order valence-electron chi connectivity index (χ4n) is 2.61. The Balaban J connectivity index is 1.55. The zero-order valence-electron chi connectivity index (χ0n) is 13.1. The highest BCUT2D eigenvalue weighted by Gasteiger charge is 2.31. The van der Waals surface area contributed by atoms with Gasteiger partial charge >= 0.3 is 6.18 Å². The van der Waals surface area contributed by atoms with Crippen LogP contribution in [0.15, 0.2) is 30.6 Å². The zero-order chi connectivity index (χ0) is 17.2. The molecule has 1 aliphatic rings. The van der Waals surface area contributed by atoms with Gasteiger partial charge in [-0.25, -0.2) is 15.0 Å². The van der Waals surface area contributed by atoms with Gasteiger partial charge in [-0.1, -0.05) is 0 Å². The van der Waals surface area contributed by atoms with E-state index in [1.54, 1.807) is 6.20 Å². The van der Waals surface area contributed by atoms with E-state index >= 15 is 0 Å². The molecule has 1 aliphatic heterocycles. The minimum atomic E-state index is -4.38. The van der Waals surface area contributed by atoms with Gasteiger partial charge in [0.05, 0.1) is 5.56 Å². The molecule has 0 amide bonds. The van der Waals surface area contributed by atoms with Crippen molar-refractivity contribution < 1.29 is 17.9 Å². The predicted octanol–water partition coefficient (Wildman–Crippen LogP) is 3.25. The molecule has 5 nitrogen and oxygen atoms in total. The Morgan fingerprint density at radius 1 is 1.12 bits per heavy atom. The van der Waals surface area contributed by atoms with Gasteiger partial charge in [-0.2, -0.15) is 13.2 Å². The maximum atomic E-state index is 12.5. The van der Waals surface area contributed by atoms with E-state index in [0.29, 0.717) is 0 Å². The van der Waals surface area contributed by atoms with Gasteiger partial charge in [0, 0.05) is 44.4 Å². The third-order valence-corrected chi connectivity index (χ3v) is 3.88. The molecule has 0 spiro atoms. The summed E-state index contributed by atoms with van der Waals surface area (Å²) in [4.78, 5) is 14.4. The summed E-state index contributed by atoms with van der Waals surface area (Å²) in [5.41, 5.74) is -0.774. The van der Waals surface area contributed by atoms with Crippen molar-refractivity contribution in [3.05, 3.63) is 42.0 Å². The summed E-state index contributed by atoms with van der Waals surface area (Å²) in [6, 6.07) is 4.12. The highest BCUT2D eigenvalue weighted by atomic mass is 19.4. The highest BCUT2D eigenvalue weighted by molar-refractivity contribution is 5.37. The Kier molecular flexibility index (Phi) is 4.55. The summed E-state index contributed by atoms with van der Waals surface area (Å²) in [6.07, 6.45) is -0.404. The number of alkyl halides is 3. The van der Waals surface area contributed by atoms with E-state index in [1.165, 1.54) is 6.07 Å². The molecule has 0 aromatic carbocycles. The van der Waals surface area contributed by atoms with E-state index < -0.39 is 11.7 Å². The van der Waals surface area contributed by atoms with Crippen LogP contribution in [0.25, 0.3) is 0 Å². The predicted molar refractivity (Wildman–Crippen MR) is 81.9 cm³/mol. The van der Waals surface area contributed by atoms with Crippen LogP contribution in [0.3, 0.4) is 0 Å². The molecular weight excluding hydrogens is 321 g/mol. The first-order valence-corrected chi connectivity index (χ1v) is 7.66. The van der Waals surface area contributed by atoms with Crippen molar-refractivity contribution in [2.75, 3.05) is 18.0 Å². The summed E-state index contributed by atoms with van der Waals surface area (Å²) >= 11 is 0. The topological polar surface area (TPSA) is 51.1 Å². The Morgan fingerprint density at radius 2 is 1.88 bits per heavy atom. The first kappa shape index (κ1) is 16.5. The van der Waals surface area contributed by atoms with Gasteiger partial charge in [-0.3, -0.25) is 0 Å². The smallest absolute Gasteiger partial charge is 0.417 e. The average molecular weight is 338 g/mol. The number of halogens is 3. The van der Waals surface area contributed by atoms with Crippen LogP contribution in [0.4, 0.5) is 19.0 Å². The molecular formula is C16H17F3N4O. The van der Waals surface area contributed by atoms with Gasteiger partial charge < -0.3 is 9.64 Å². The van der Waals surface area contributed by atoms with Crippen LogP contribution in [0.2, 0.25) is 0 Å². The molecule has 0 aliphatic carbocycles. The molecule has 0 atom stereocenters. The minimum Gasteiger partial charge on any atom is -0.474 e. The minimum absolute atomic E-state index is 0.0616. The van der Waals surface area contributed by atoms with Crippen LogP contribution < -0.4 is 9.64 Å². The molecule has 128 valence electrons. The SMILES string of the molecule is Cc1nccc(N2CCC(Oc3ccc(C(F)(F)F)cn3)CC2)n1. The second kappa shape index (κ2) is 6.62. The maximum Gasteiger partial charge on any atom is 0.417 e. The fraction of sp³-hybridized carbons (Fsp3) is 0.438. The van der Waals surface area contributed by atoms with Crippen molar-refractivity contribution in [1.29, 1.82) is 0 Å². The molecule has 0 N–H and O–H groups in total. The van der Waals surface area contributed by atoms with E-state index in [2.05, 4.69) is 19.9 Å². The van der Waals surface area contributed by atoms with Gasteiger partial charge in [0.15, 0.2) is 0 Å². The lowest BCUT2D eigenvalue weighted by Crippen LogP contribution is -2.38. The molecule has 2 aromatic heterocycles. The van der Waals surface area contributed by atoms with Crippen molar-refractivity contribution in [2.45, 2.75) is 32.0 Å². The molecule has 2 aromatic rings. The van der Waals surface area contributed by atoms with E-state index in [4.69, 9.17) is 4.74 Å². The van der Waals surface area contributed by atoms with Gasteiger partial charge in [0.1, 0.15) is 17.7 Å². The number of pyridine rings is 1. The summed E-state index contributed by atoms with van der Waals surface area (Å²) in [6.45, 7) is 3.37. The Labute approximate surface area is 137 Å². The molecule has 24 heavy (non-hydrogen) atoms. The molecule has 1 fully saturated rings. The summed E-state index contributed by atoms with van der Waals surface area (Å²) in [7, 11) is 0. The van der Waals surface area contributed by atoms with Gasteiger partial charge in [-0.05, 0) is 19.1 Å². The van der Waals surface area contributed by atoms with E-state index in [0.717, 1.165) is 49.8 Å². The monoisotopic (exact) mass is 338 g/mol. The molecule has 1 saturated heterocycles. The van der Waals surface area contributed by atoms with E-state index in [9.17, 15) is 13.2 Å². The van der Waals surface area contributed by atoms with Crippen molar-refractivity contribution in [3.63, 3.8) is 0 Å². The van der Waals surface area contributed by atoms with Crippen LogP contribution >= 0.6 is 0 Å². The third-order valence-electron chi connectivity index (χ3n) is 3.88. The molecule has 0 saturated carbocycles. The number of aryl methyl sites for hydroxylation is 1. The lowest BCUT2D eigenvalue weighted by Gasteiger charge is -2.32. The Bertz CT molecular complexity index is 682. The van der Waals surface area contributed by atoms with Crippen molar-refractivity contribution in [2.24, 2.45) is 0 Å². The van der Waals surface area contributed by atoms with Crippen LogP contribution in [0.5, 0.6) is 5.88 Å². The Hall–Kier alpha value is -2.38. The summed E-state index contributed by atoms with van der Waals surface area (Å²) in [5.74, 6) is 1.83. The van der Waals surface area contributed by atoms with Crippen molar-refractivity contribution in [1.82, 2.24) is 15.0 Å². The largest absolute Gasteiger partial charge is 0.474 e. The van der Waals surface area contributed by atoms with Crippen molar-refractivity contribution >= 4 is 5.82 Å². The normalized spacial score (nSPS) is 16.2.